The van der Waals surface area contributed by atoms with Crippen molar-refractivity contribution in [2.24, 2.45) is 0 Å². The van der Waals surface area contributed by atoms with Gasteiger partial charge < -0.3 is 15.1 Å². The number of nitrogens with zero attached hydrogens (tertiary/aromatic N) is 2. The number of carbonyl (C=O) groups is 3. The zero-order valence-electron chi connectivity index (χ0n) is 18.7. The number of carbonyl (C=O) groups excluding carboxylic acids is 3. The number of halogens is 2. The van der Waals surface area contributed by atoms with Crippen LogP contribution in [0.2, 0.25) is 5.02 Å². The standard InChI is InChI=1S/C25H23ClFN3O3S/c1-15-13-22(28-24(32)20-8-5-18(27)14-21(20)26)34-23(15)25(33)30-11-9-29(10-12-30)19-6-3-17(4-7-19)16(2)31/h3-8,13-14H,9-12H2,1-2H3,(H,28,32). The van der Waals surface area contributed by atoms with Crippen molar-refractivity contribution in [3.63, 3.8) is 0 Å². The van der Waals surface area contributed by atoms with Crippen molar-refractivity contribution < 1.29 is 18.8 Å². The lowest BCUT2D eigenvalue weighted by Gasteiger charge is -2.36. The zero-order chi connectivity index (χ0) is 24.4. The fraction of sp³-hybridized carbons (Fsp3) is 0.240. The van der Waals surface area contributed by atoms with Crippen LogP contribution in [0.25, 0.3) is 0 Å². The Kier molecular flexibility index (Phi) is 7.00. The van der Waals surface area contributed by atoms with E-state index in [1.54, 1.807) is 13.0 Å². The van der Waals surface area contributed by atoms with E-state index < -0.39 is 11.7 Å². The van der Waals surface area contributed by atoms with Crippen LogP contribution in [0, 0.1) is 12.7 Å². The van der Waals surface area contributed by atoms with Gasteiger partial charge in [0.25, 0.3) is 11.8 Å². The number of anilines is 2. The number of benzene rings is 2. The molecular formula is C25H23ClFN3O3S. The molecule has 1 aliphatic heterocycles. The molecule has 2 heterocycles. The van der Waals surface area contributed by atoms with Crippen LogP contribution < -0.4 is 10.2 Å². The van der Waals surface area contributed by atoms with Crippen LogP contribution in [-0.4, -0.2) is 48.7 Å². The Hall–Kier alpha value is -3.23. The zero-order valence-corrected chi connectivity index (χ0v) is 20.3. The summed E-state index contributed by atoms with van der Waals surface area (Å²) in [6, 6.07) is 12.8. The third-order valence-corrected chi connectivity index (χ3v) is 7.18. The summed E-state index contributed by atoms with van der Waals surface area (Å²) in [5.41, 5.74) is 2.64. The molecule has 6 nitrogen and oxygen atoms in total. The molecule has 0 spiro atoms. The molecule has 34 heavy (non-hydrogen) atoms. The molecule has 0 atom stereocenters. The van der Waals surface area contributed by atoms with Gasteiger partial charge in [-0.2, -0.15) is 0 Å². The molecule has 2 amide bonds. The summed E-state index contributed by atoms with van der Waals surface area (Å²) >= 11 is 7.19. The number of hydrogen-bond acceptors (Lipinski definition) is 5. The van der Waals surface area contributed by atoms with Crippen molar-refractivity contribution in [3.05, 3.63) is 80.9 Å². The molecule has 1 N–H and O–H groups in total. The van der Waals surface area contributed by atoms with E-state index in [4.69, 9.17) is 11.6 Å². The summed E-state index contributed by atoms with van der Waals surface area (Å²) in [7, 11) is 0. The van der Waals surface area contributed by atoms with Gasteiger partial charge in [0.15, 0.2) is 5.78 Å². The normalized spacial score (nSPS) is 13.6. The van der Waals surface area contributed by atoms with Gasteiger partial charge in [-0.1, -0.05) is 11.6 Å². The molecule has 1 saturated heterocycles. The largest absolute Gasteiger partial charge is 0.368 e. The SMILES string of the molecule is CC(=O)c1ccc(N2CCN(C(=O)c3sc(NC(=O)c4ccc(F)cc4Cl)cc3C)CC2)cc1. The van der Waals surface area contributed by atoms with Gasteiger partial charge in [-0.05, 0) is 67.9 Å². The summed E-state index contributed by atoms with van der Waals surface area (Å²) in [6.45, 7) is 5.87. The minimum Gasteiger partial charge on any atom is -0.368 e. The van der Waals surface area contributed by atoms with E-state index in [9.17, 15) is 18.8 Å². The third kappa shape index (κ3) is 5.13. The first kappa shape index (κ1) is 23.9. The number of rotatable bonds is 5. The molecule has 0 bridgehead atoms. The minimum absolute atomic E-state index is 0.0240. The first-order valence-electron chi connectivity index (χ1n) is 10.7. The van der Waals surface area contributed by atoms with Gasteiger partial charge in [-0.15, -0.1) is 11.3 Å². The fourth-order valence-electron chi connectivity index (χ4n) is 3.83. The van der Waals surface area contributed by atoms with Gasteiger partial charge in [-0.3, -0.25) is 14.4 Å². The highest BCUT2D eigenvalue weighted by molar-refractivity contribution is 7.18. The Morgan fingerprint density at radius 3 is 2.29 bits per heavy atom. The molecular weight excluding hydrogens is 477 g/mol. The molecule has 176 valence electrons. The summed E-state index contributed by atoms with van der Waals surface area (Å²) in [5, 5.41) is 3.30. The van der Waals surface area contributed by atoms with Crippen LogP contribution in [0.5, 0.6) is 0 Å². The van der Waals surface area contributed by atoms with Crippen LogP contribution in [0.15, 0.2) is 48.5 Å². The predicted octanol–water partition coefficient (Wildman–Crippen LogP) is 5.27. The summed E-state index contributed by atoms with van der Waals surface area (Å²) < 4.78 is 13.3. The minimum atomic E-state index is -0.519. The maximum absolute atomic E-state index is 13.3. The Balaban J connectivity index is 1.39. The van der Waals surface area contributed by atoms with Crippen molar-refractivity contribution in [1.82, 2.24) is 4.90 Å². The number of hydrogen-bond donors (Lipinski definition) is 1. The highest BCUT2D eigenvalue weighted by Crippen LogP contribution is 2.30. The highest BCUT2D eigenvalue weighted by atomic mass is 35.5. The van der Waals surface area contributed by atoms with E-state index in [2.05, 4.69) is 10.2 Å². The second kappa shape index (κ2) is 9.95. The molecule has 4 rings (SSSR count). The summed E-state index contributed by atoms with van der Waals surface area (Å²) in [5.74, 6) is -1.02. The first-order valence-corrected chi connectivity index (χ1v) is 11.9. The molecule has 0 radical (unpaired) electrons. The van der Waals surface area contributed by atoms with Crippen LogP contribution in [0.4, 0.5) is 15.1 Å². The number of nitrogens with one attached hydrogen (secondary N) is 1. The average molecular weight is 500 g/mol. The third-order valence-electron chi connectivity index (χ3n) is 5.73. The van der Waals surface area contributed by atoms with Gasteiger partial charge >= 0.3 is 0 Å². The van der Waals surface area contributed by atoms with E-state index in [-0.39, 0.29) is 22.3 Å². The van der Waals surface area contributed by atoms with E-state index in [1.807, 2.05) is 36.1 Å². The Labute approximate surface area is 205 Å². The van der Waals surface area contributed by atoms with Crippen LogP contribution in [0.1, 0.15) is 42.9 Å². The van der Waals surface area contributed by atoms with E-state index in [0.717, 1.165) is 17.3 Å². The predicted molar refractivity (Wildman–Crippen MR) is 133 cm³/mol. The topological polar surface area (TPSA) is 69.7 Å². The molecule has 0 saturated carbocycles. The second-order valence-corrected chi connectivity index (χ2v) is 9.54. The molecule has 9 heteroatoms. The van der Waals surface area contributed by atoms with Crippen molar-refractivity contribution in [1.29, 1.82) is 0 Å². The van der Waals surface area contributed by atoms with Crippen molar-refractivity contribution in [3.8, 4) is 0 Å². The van der Waals surface area contributed by atoms with Gasteiger partial charge in [0.1, 0.15) is 5.82 Å². The Morgan fingerprint density at radius 1 is 1.00 bits per heavy atom. The smallest absolute Gasteiger partial charge is 0.264 e. The average Bonchev–Trinajstić information content (AvgIpc) is 3.18. The first-order chi connectivity index (χ1) is 16.2. The number of Topliss-reactive ketones (excluding diaryl/α,β-unsaturated/α-hetero) is 1. The van der Waals surface area contributed by atoms with Crippen molar-refractivity contribution >= 4 is 51.2 Å². The van der Waals surface area contributed by atoms with Crippen LogP contribution in [0.3, 0.4) is 0 Å². The molecule has 1 fully saturated rings. The molecule has 1 aliphatic rings. The van der Waals surface area contributed by atoms with Gasteiger partial charge in [-0.25, -0.2) is 4.39 Å². The number of thiophene rings is 1. The van der Waals surface area contributed by atoms with Gasteiger partial charge in [0.05, 0.1) is 20.5 Å². The van der Waals surface area contributed by atoms with E-state index in [1.165, 1.54) is 23.5 Å². The maximum Gasteiger partial charge on any atom is 0.264 e. The second-order valence-electron chi connectivity index (χ2n) is 8.08. The molecule has 2 aromatic carbocycles. The molecule has 1 aromatic heterocycles. The number of ketones is 1. The number of aryl methyl sites for hydroxylation is 1. The van der Waals surface area contributed by atoms with Crippen molar-refractivity contribution in [2.75, 3.05) is 36.4 Å². The number of amides is 2. The maximum atomic E-state index is 13.3. The lowest BCUT2D eigenvalue weighted by Crippen LogP contribution is -2.48. The lowest BCUT2D eigenvalue weighted by atomic mass is 10.1. The fourth-order valence-corrected chi connectivity index (χ4v) is 5.12. The van der Waals surface area contributed by atoms with Crippen LogP contribution in [-0.2, 0) is 0 Å². The monoisotopic (exact) mass is 499 g/mol. The van der Waals surface area contributed by atoms with E-state index >= 15 is 0 Å². The Morgan fingerprint density at radius 2 is 1.68 bits per heavy atom. The van der Waals surface area contributed by atoms with Crippen LogP contribution >= 0.6 is 22.9 Å². The Bertz CT molecular complexity index is 1250. The molecule has 0 aliphatic carbocycles. The molecule has 3 aromatic rings. The quantitative estimate of drug-likeness (QED) is 0.486. The highest BCUT2D eigenvalue weighted by Gasteiger charge is 2.25. The van der Waals surface area contributed by atoms with Crippen molar-refractivity contribution in [2.45, 2.75) is 13.8 Å². The lowest BCUT2D eigenvalue weighted by molar-refractivity contribution is 0.0750. The van der Waals surface area contributed by atoms with Gasteiger partial charge in [0, 0.05) is 37.4 Å². The summed E-state index contributed by atoms with van der Waals surface area (Å²) in [4.78, 5) is 41.7. The van der Waals surface area contributed by atoms with E-state index in [0.29, 0.717) is 41.6 Å². The summed E-state index contributed by atoms with van der Waals surface area (Å²) in [6.07, 6.45) is 0. The molecule has 0 unspecified atom stereocenters. The van der Waals surface area contributed by atoms with Gasteiger partial charge in [0.2, 0.25) is 0 Å². The number of piperazine rings is 1.